The molecule has 3 N–H and O–H groups in total. The van der Waals surface area contributed by atoms with Gasteiger partial charge in [-0.25, -0.2) is 13.2 Å². The fraction of sp³-hybridized carbons (Fsp3) is 0.455. The van der Waals surface area contributed by atoms with Crippen LogP contribution in [0.2, 0.25) is 0 Å². The molecule has 0 spiro atoms. The minimum atomic E-state index is -1.57. The summed E-state index contributed by atoms with van der Waals surface area (Å²) in [5.41, 5.74) is 5.36. The average Bonchev–Trinajstić information content (AvgIpc) is 2.24. The number of benzene rings is 1. The monoisotopic (exact) mass is 269 g/mol. The third kappa shape index (κ3) is 3.34. The lowest BCUT2D eigenvalue weighted by molar-refractivity contribution is 0.0962. The van der Waals surface area contributed by atoms with Crippen LogP contribution in [0.4, 0.5) is 13.2 Å². The molecule has 0 fully saturated rings. The van der Waals surface area contributed by atoms with Crippen molar-refractivity contribution in [1.82, 2.24) is 0 Å². The largest absolute Gasteiger partial charge is 0.391 e. The van der Waals surface area contributed by atoms with Gasteiger partial charge in [0.25, 0.3) is 0 Å². The molecule has 2 atom stereocenters. The molecule has 2 nitrogen and oxygen atoms in total. The molecule has 1 aromatic rings. The Hall–Kier alpha value is -0.780. The predicted octanol–water partition coefficient (Wildman–Crippen LogP) is 2.54. The molecule has 0 amide bonds. The van der Waals surface area contributed by atoms with E-state index in [9.17, 15) is 18.3 Å². The lowest BCUT2D eigenvalue weighted by Gasteiger charge is -2.22. The van der Waals surface area contributed by atoms with Crippen molar-refractivity contribution in [2.24, 2.45) is 11.7 Å². The molecule has 0 heterocycles. The van der Waals surface area contributed by atoms with E-state index in [1.807, 2.05) is 0 Å². The van der Waals surface area contributed by atoms with Crippen LogP contribution in [-0.2, 0) is 0 Å². The van der Waals surface area contributed by atoms with Crippen molar-refractivity contribution < 1.29 is 18.3 Å². The third-order valence-corrected chi connectivity index (χ3v) is 2.48. The first-order valence-electron chi connectivity index (χ1n) is 4.93. The van der Waals surface area contributed by atoms with Gasteiger partial charge in [-0.05, 0) is 12.0 Å². The number of hydrogen-bond donors (Lipinski definition) is 2. The summed E-state index contributed by atoms with van der Waals surface area (Å²) < 4.78 is 38.9. The van der Waals surface area contributed by atoms with Crippen molar-refractivity contribution in [3.8, 4) is 0 Å². The highest BCUT2D eigenvalue weighted by Crippen LogP contribution is 2.24. The van der Waals surface area contributed by atoms with Crippen molar-refractivity contribution in [2.45, 2.75) is 26.0 Å². The molecule has 0 aliphatic rings. The zero-order valence-corrected chi connectivity index (χ0v) is 10.3. The van der Waals surface area contributed by atoms with Crippen molar-refractivity contribution in [3.63, 3.8) is 0 Å². The molecule has 17 heavy (non-hydrogen) atoms. The zero-order valence-electron chi connectivity index (χ0n) is 9.45. The lowest BCUT2D eigenvalue weighted by Crippen LogP contribution is -2.31. The first kappa shape index (κ1) is 16.2. The summed E-state index contributed by atoms with van der Waals surface area (Å²) in [5, 5.41) is 9.63. The molecule has 1 rings (SSSR count). The summed E-state index contributed by atoms with van der Waals surface area (Å²) in [4.78, 5) is 0. The molecule has 6 heteroatoms. The maximum atomic E-state index is 13.3. The van der Waals surface area contributed by atoms with Gasteiger partial charge in [0.15, 0.2) is 17.5 Å². The van der Waals surface area contributed by atoms with Gasteiger partial charge >= 0.3 is 0 Å². The summed E-state index contributed by atoms with van der Waals surface area (Å²) in [6.07, 6.45) is -1.01. The highest BCUT2D eigenvalue weighted by Gasteiger charge is 2.25. The molecule has 0 radical (unpaired) electrons. The highest BCUT2D eigenvalue weighted by molar-refractivity contribution is 5.85. The van der Waals surface area contributed by atoms with Crippen LogP contribution >= 0.6 is 12.4 Å². The van der Waals surface area contributed by atoms with Crippen molar-refractivity contribution in [3.05, 3.63) is 35.1 Å². The van der Waals surface area contributed by atoms with E-state index in [2.05, 4.69) is 0 Å². The SMILES string of the molecule is CC(C)[C@H](O)[C@H](N)c1ccc(F)c(F)c1F.Cl. The molecule has 0 saturated heterocycles. The van der Waals surface area contributed by atoms with Gasteiger partial charge in [-0.15, -0.1) is 12.4 Å². The highest BCUT2D eigenvalue weighted by atomic mass is 35.5. The first-order valence-corrected chi connectivity index (χ1v) is 4.93. The fourth-order valence-corrected chi connectivity index (χ4v) is 1.40. The normalized spacial score (nSPS) is 14.4. The Bertz CT molecular complexity index is 387. The van der Waals surface area contributed by atoms with E-state index >= 15 is 0 Å². The zero-order chi connectivity index (χ0) is 12.5. The Morgan fingerprint density at radius 3 is 2.12 bits per heavy atom. The van der Waals surface area contributed by atoms with Gasteiger partial charge in [-0.3, -0.25) is 0 Å². The second kappa shape index (κ2) is 6.23. The Morgan fingerprint density at radius 2 is 1.65 bits per heavy atom. The van der Waals surface area contributed by atoms with E-state index in [1.54, 1.807) is 13.8 Å². The van der Waals surface area contributed by atoms with Crippen molar-refractivity contribution >= 4 is 12.4 Å². The molecule has 0 aliphatic carbocycles. The molecule has 0 bridgehead atoms. The second-order valence-corrected chi connectivity index (χ2v) is 4.02. The van der Waals surface area contributed by atoms with Gasteiger partial charge in [0, 0.05) is 5.56 Å². The Balaban J connectivity index is 0.00000256. The number of hydrogen-bond acceptors (Lipinski definition) is 2. The van der Waals surface area contributed by atoms with Gasteiger partial charge in [-0.2, -0.15) is 0 Å². The van der Waals surface area contributed by atoms with Gasteiger partial charge in [0.05, 0.1) is 12.1 Å². The third-order valence-electron chi connectivity index (χ3n) is 2.48. The van der Waals surface area contributed by atoms with Crippen LogP contribution in [0.5, 0.6) is 0 Å². The van der Waals surface area contributed by atoms with E-state index < -0.39 is 29.6 Å². The van der Waals surface area contributed by atoms with E-state index in [4.69, 9.17) is 5.73 Å². The van der Waals surface area contributed by atoms with Crippen LogP contribution < -0.4 is 5.73 Å². The molecule has 0 unspecified atom stereocenters. The number of rotatable bonds is 3. The van der Waals surface area contributed by atoms with Crippen LogP contribution in [0.3, 0.4) is 0 Å². The summed E-state index contributed by atoms with van der Waals surface area (Å²) in [5.74, 6) is -4.38. The van der Waals surface area contributed by atoms with E-state index in [1.165, 1.54) is 0 Å². The molecule has 0 aromatic heterocycles. The number of aliphatic hydroxyl groups excluding tert-OH is 1. The number of nitrogens with two attached hydrogens (primary N) is 1. The van der Waals surface area contributed by atoms with Crippen molar-refractivity contribution in [2.75, 3.05) is 0 Å². The molecular weight excluding hydrogens is 255 g/mol. The fourth-order valence-electron chi connectivity index (χ4n) is 1.40. The van der Waals surface area contributed by atoms with E-state index in [0.29, 0.717) is 0 Å². The van der Waals surface area contributed by atoms with E-state index in [0.717, 1.165) is 12.1 Å². The number of halogens is 4. The number of aliphatic hydroxyl groups is 1. The Morgan fingerprint density at radius 1 is 1.12 bits per heavy atom. The Kier molecular flexibility index (Phi) is 5.95. The van der Waals surface area contributed by atoms with Crippen LogP contribution in [-0.4, -0.2) is 11.2 Å². The van der Waals surface area contributed by atoms with Crippen LogP contribution in [0.25, 0.3) is 0 Å². The maximum Gasteiger partial charge on any atom is 0.194 e. The molecular formula is C11H15ClF3NO. The minimum absolute atomic E-state index is 0. The van der Waals surface area contributed by atoms with Crippen LogP contribution in [0, 0.1) is 23.4 Å². The summed E-state index contributed by atoms with van der Waals surface area (Å²) in [7, 11) is 0. The topological polar surface area (TPSA) is 46.2 Å². The smallest absolute Gasteiger partial charge is 0.194 e. The quantitative estimate of drug-likeness (QED) is 0.829. The van der Waals surface area contributed by atoms with Gasteiger partial charge < -0.3 is 10.8 Å². The molecule has 0 saturated carbocycles. The summed E-state index contributed by atoms with van der Waals surface area (Å²) in [6, 6.07) is 0.764. The maximum absolute atomic E-state index is 13.3. The predicted molar refractivity (Wildman–Crippen MR) is 61.3 cm³/mol. The van der Waals surface area contributed by atoms with Crippen LogP contribution in [0.15, 0.2) is 12.1 Å². The average molecular weight is 270 g/mol. The van der Waals surface area contributed by atoms with Gasteiger partial charge in [0.2, 0.25) is 0 Å². The van der Waals surface area contributed by atoms with Gasteiger partial charge in [0.1, 0.15) is 0 Å². The minimum Gasteiger partial charge on any atom is -0.391 e. The molecule has 0 aliphatic heterocycles. The summed E-state index contributed by atoms with van der Waals surface area (Å²) in [6.45, 7) is 3.39. The standard InChI is InChI=1S/C11H14F3NO.ClH/c1-5(2)11(16)10(15)6-3-4-7(12)9(14)8(6)13;/h3-5,10-11,16H,15H2,1-2H3;1H/t10-,11+;/m1./s1. The molecule has 98 valence electrons. The van der Waals surface area contributed by atoms with Crippen molar-refractivity contribution in [1.29, 1.82) is 0 Å². The molecule has 1 aromatic carbocycles. The first-order chi connectivity index (χ1) is 7.36. The van der Waals surface area contributed by atoms with E-state index in [-0.39, 0.29) is 23.9 Å². The Labute approximate surface area is 104 Å². The van der Waals surface area contributed by atoms with Crippen LogP contribution in [0.1, 0.15) is 25.5 Å². The lowest BCUT2D eigenvalue weighted by atomic mass is 9.94. The second-order valence-electron chi connectivity index (χ2n) is 4.02. The van der Waals surface area contributed by atoms with Gasteiger partial charge in [-0.1, -0.05) is 19.9 Å². The summed E-state index contributed by atoms with van der Waals surface area (Å²) >= 11 is 0.